The normalized spacial score (nSPS) is 17.0. The van der Waals surface area contributed by atoms with E-state index in [9.17, 15) is 18.0 Å². The number of amides is 1. The molecule has 7 nitrogen and oxygen atoms in total. The molecule has 1 amide bonds. The van der Waals surface area contributed by atoms with E-state index >= 15 is 0 Å². The molecule has 2 aromatic rings. The zero-order chi connectivity index (χ0) is 22.0. The Bertz CT molecular complexity index is 1090. The first kappa shape index (κ1) is 20.7. The Morgan fingerprint density at radius 3 is 2.71 bits per heavy atom. The van der Waals surface area contributed by atoms with Gasteiger partial charge in [-0.3, -0.25) is 25.2 Å². The van der Waals surface area contributed by atoms with Gasteiger partial charge in [-0.25, -0.2) is 0 Å². The largest absolute Gasteiger partial charge is 0.433 e. The lowest BCUT2D eigenvalue weighted by atomic mass is 10.1. The van der Waals surface area contributed by atoms with Gasteiger partial charge in [0, 0.05) is 42.2 Å². The molecule has 3 heterocycles. The highest BCUT2D eigenvalue weighted by Crippen LogP contribution is 2.41. The number of alkyl halides is 3. The Hall–Kier alpha value is -3.56. The zero-order valence-electron chi connectivity index (χ0n) is 16.4. The SMILES string of the molecule is N=C(/C=N\C=C1\c2cc(NC(=O)c3ccnc(C(F)(F)F)c3)cnc21)N1CCCCC1. The van der Waals surface area contributed by atoms with Gasteiger partial charge in [0.1, 0.15) is 11.5 Å². The van der Waals surface area contributed by atoms with E-state index in [1.54, 1.807) is 12.3 Å². The van der Waals surface area contributed by atoms with Gasteiger partial charge < -0.3 is 10.2 Å². The quantitative estimate of drug-likeness (QED) is 0.485. The van der Waals surface area contributed by atoms with Gasteiger partial charge >= 0.3 is 6.18 Å². The molecular formula is C21H19F3N6O. The molecule has 0 atom stereocenters. The van der Waals surface area contributed by atoms with Crippen LogP contribution in [0.4, 0.5) is 18.9 Å². The molecule has 0 bridgehead atoms. The summed E-state index contributed by atoms with van der Waals surface area (Å²) in [6, 6.07) is 3.60. The Kier molecular flexibility index (Phi) is 5.53. The Labute approximate surface area is 176 Å². The van der Waals surface area contributed by atoms with Crippen molar-refractivity contribution in [2.75, 3.05) is 18.4 Å². The summed E-state index contributed by atoms with van der Waals surface area (Å²) in [5.41, 5.74) is 1.42. The van der Waals surface area contributed by atoms with E-state index in [4.69, 9.17) is 5.41 Å². The number of hydrogen-bond acceptors (Lipinski definition) is 5. The molecule has 0 saturated carbocycles. The van der Waals surface area contributed by atoms with Crippen molar-refractivity contribution in [3.05, 3.63) is 59.3 Å². The monoisotopic (exact) mass is 428 g/mol. The van der Waals surface area contributed by atoms with Crippen LogP contribution in [-0.4, -0.2) is 45.9 Å². The molecule has 0 radical (unpaired) electrons. The summed E-state index contributed by atoms with van der Waals surface area (Å²) in [5.74, 6) is -0.313. The lowest BCUT2D eigenvalue weighted by Gasteiger charge is -2.26. The van der Waals surface area contributed by atoms with E-state index in [1.807, 2.05) is 4.90 Å². The predicted octanol–water partition coefficient (Wildman–Crippen LogP) is 3.98. The summed E-state index contributed by atoms with van der Waals surface area (Å²) >= 11 is 0. The van der Waals surface area contributed by atoms with Crippen molar-refractivity contribution < 1.29 is 18.0 Å². The number of piperidine rings is 1. The van der Waals surface area contributed by atoms with Crippen molar-refractivity contribution in [3.8, 4) is 0 Å². The number of nitrogens with one attached hydrogen (secondary N) is 2. The number of carbonyl (C=O) groups is 1. The van der Waals surface area contributed by atoms with E-state index in [1.165, 1.54) is 24.9 Å². The standard InChI is InChI=1S/C21H19F3N6O/c22-21(23,24)17-8-13(4-5-27-17)20(31)29-14-9-15-16(19(15)28-10-14)11-26-12-18(25)30-6-2-1-3-7-30/h4-5,8-12,25H,1-3,6-7H2,(H,29,31)/b16-11-,25-18?,26-12-. The molecule has 10 heteroatoms. The van der Waals surface area contributed by atoms with Gasteiger partial charge in [0.25, 0.3) is 5.91 Å². The second-order valence-corrected chi connectivity index (χ2v) is 7.26. The van der Waals surface area contributed by atoms with E-state index in [0.29, 0.717) is 17.6 Å². The summed E-state index contributed by atoms with van der Waals surface area (Å²) in [7, 11) is 0. The number of rotatable bonds is 4. The van der Waals surface area contributed by atoms with Crippen LogP contribution in [0.1, 0.15) is 46.6 Å². The minimum Gasteiger partial charge on any atom is -0.356 e. The minimum absolute atomic E-state index is 0.149. The number of pyridine rings is 2. The van der Waals surface area contributed by atoms with Crippen molar-refractivity contribution in [2.45, 2.75) is 25.4 Å². The van der Waals surface area contributed by atoms with Gasteiger partial charge in [-0.15, -0.1) is 0 Å². The number of likely N-dealkylation sites (tertiary alicyclic amines) is 1. The van der Waals surface area contributed by atoms with Crippen molar-refractivity contribution >= 4 is 29.2 Å². The lowest BCUT2D eigenvalue weighted by molar-refractivity contribution is -0.141. The van der Waals surface area contributed by atoms with Gasteiger partial charge in [-0.2, -0.15) is 13.2 Å². The Morgan fingerprint density at radius 2 is 1.97 bits per heavy atom. The topological polar surface area (TPSA) is 94.3 Å². The molecule has 31 heavy (non-hydrogen) atoms. The molecule has 2 N–H and O–H groups in total. The number of nitrogens with zero attached hydrogens (tertiary/aromatic N) is 4. The van der Waals surface area contributed by atoms with Crippen molar-refractivity contribution in [1.82, 2.24) is 14.9 Å². The third kappa shape index (κ3) is 4.79. The van der Waals surface area contributed by atoms with Crippen molar-refractivity contribution in [1.29, 1.82) is 5.41 Å². The van der Waals surface area contributed by atoms with Gasteiger partial charge in [-0.1, -0.05) is 0 Å². The fourth-order valence-corrected chi connectivity index (χ4v) is 3.35. The highest BCUT2D eigenvalue weighted by molar-refractivity contribution is 6.28. The van der Waals surface area contributed by atoms with E-state index in [2.05, 4.69) is 20.3 Å². The first-order valence-electron chi connectivity index (χ1n) is 9.75. The van der Waals surface area contributed by atoms with Crippen LogP contribution >= 0.6 is 0 Å². The maximum atomic E-state index is 12.8. The highest BCUT2D eigenvalue weighted by atomic mass is 19.4. The first-order valence-corrected chi connectivity index (χ1v) is 9.75. The maximum Gasteiger partial charge on any atom is 0.433 e. The summed E-state index contributed by atoms with van der Waals surface area (Å²) in [5, 5.41) is 10.6. The van der Waals surface area contributed by atoms with Crippen LogP contribution in [0.3, 0.4) is 0 Å². The smallest absolute Gasteiger partial charge is 0.356 e. The minimum atomic E-state index is -4.62. The molecule has 1 aliphatic heterocycles. The van der Waals surface area contributed by atoms with E-state index in [-0.39, 0.29) is 5.56 Å². The van der Waals surface area contributed by atoms with Gasteiger partial charge in [0.15, 0.2) is 0 Å². The van der Waals surface area contributed by atoms with E-state index < -0.39 is 17.8 Å². The average molecular weight is 428 g/mol. The van der Waals surface area contributed by atoms with Crippen LogP contribution in [-0.2, 0) is 6.18 Å². The predicted molar refractivity (Wildman–Crippen MR) is 110 cm³/mol. The van der Waals surface area contributed by atoms with Crippen LogP contribution in [0.25, 0.3) is 5.57 Å². The molecule has 2 aliphatic rings. The van der Waals surface area contributed by atoms with Crippen molar-refractivity contribution in [2.24, 2.45) is 4.99 Å². The fraction of sp³-hybridized carbons (Fsp3) is 0.286. The summed E-state index contributed by atoms with van der Waals surface area (Å²) < 4.78 is 38.3. The van der Waals surface area contributed by atoms with Crippen LogP contribution in [0.15, 0.2) is 41.8 Å². The highest BCUT2D eigenvalue weighted by Gasteiger charge is 2.33. The Balaban J connectivity index is 1.39. The van der Waals surface area contributed by atoms with Crippen LogP contribution < -0.4 is 5.32 Å². The lowest BCUT2D eigenvalue weighted by Crippen LogP contribution is -2.35. The molecule has 0 spiro atoms. The maximum absolute atomic E-state index is 12.8. The average Bonchev–Trinajstić information content (AvgIpc) is 3.45. The number of carbonyl (C=O) groups excluding carboxylic acids is 1. The Morgan fingerprint density at radius 1 is 1.19 bits per heavy atom. The molecule has 1 fully saturated rings. The molecule has 160 valence electrons. The molecule has 0 unspecified atom stereocenters. The zero-order valence-corrected chi connectivity index (χ0v) is 16.4. The number of aromatic nitrogens is 2. The van der Waals surface area contributed by atoms with Gasteiger partial charge in [-0.05, 0) is 37.5 Å². The second kappa shape index (κ2) is 8.29. The van der Waals surface area contributed by atoms with Crippen molar-refractivity contribution in [3.63, 3.8) is 0 Å². The van der Waals surface area contributed by atoms with Crippen LogP contribution in [0.5, 0.6) is 0 Å². The van der Waals surface area contributed by atoms with Crippen LogP contribution in [0, 0.1) is 5.41 Å². The summed E-state index contributed by atoms with van der Waals surface area (Å²) in [6.45, 7) is 1.74. The summed E-state index contributed by atoms with van der Waals surface area (Å²) in [6.07, 6.45) is 4.22. The molecule has 0 aromatic carbocycles. The third-order valence-electron chi connectivity index (χ3n) is 5.04. The molecular weight excluding hydrogens is 409 g/mol. The van der Waals surface area contributed by atoms with Gasteiger partial charge in [0.05, 0.1) is 23.8 Å². The number of hydrogen-bond donors (Lipinski definition) is 2. The second-order valence-electron chi connectivity index (χ2n) is 7.26. The molecule has 1 aliphatic carbocycles. The number of halogens is 3. The molecule has 1 saturated heterocycles. The third-order valence-corrected chi connectivity index (χ3v) is 5.04. The van der Waals surface area contributed by atoms with Gasteiger partial charge in [0.2, 0.25) is 0 Å². The van der Waals surface area contributed by atoms with Crippen LogP contribution in [0.2, 0.25) is 0 Å². The number of fused-ring (bicyclic) bond motifs is 1. The number of aliphatic imine (C=N–C) groups is 1. The van der Waals surface area contributed by atoms with E-state index in [0.717, 1.165) is 49.0 Å². The summed E-state index contributed by atoms with van der Waals surface area (Å²) in [4.78, 5) is 26.0. The fourth-order valence-electron chi connectivity index (χ4n) is 3.35. The first-order chi connectivity index (χ1) is 14.8. The number of amidine groups is 1. The molecule has 4 rings (SSSR count). The number of anilines is 1. The molecule has 2 aromatic heterocycles.